The Morgan fingerprint density at radius 1 is 0.800 bits per heavy atom. The van der Waals surface area contributed by atoms with E-state index in [-0.39, 0.29) is 19.0 Å². The fraction of sp³-hybridized carbons (Fsp3) is 0.174. The van der Waals surface area contributed by atoms with Gasteiger partial charge in [-0.2, -0.15) is 4.31 Å². The number of hydrogen-bond donors (Lipinski definition) is 0. The summed E-state index contributed by atoms with van der Waals surface area (Å²) in [5, 5.41) is 1.24. The smallest absolute Gasteiger partial charge is 0.253 e. The molecule has 6 nitrogen and oxygen atoms in total. The lowest BCUT2D eigenvalue weighted by atomic mass is 10.1. The summed E-state index contributed by atoms with van der Waals surface area (Å²) >= 11 is 0. The summed E-state index contributed by atoms with van der Waals surface area (Å²) in [5.74, 6) is -0.0778. The first kappa shape index (κ1) is 20.1. The highest BCUT2D eigenvalue weighted by molar-refractivity contribution is 7.92. The van der Waals surface area contributed by atoms with Gasteiger partial charge >= 0.3 is 0 Å². The topological polar surface area (TPSA) is 62.6 Å². The van der Waals surface area contributed by atoms with Crippen LogP contribution in [0.3, 0.4) is 0 Å². The summed E-state index contributed by atoms with van der Waals surface area (Å²) in [5.41, 5.74) is 2.42. The number of nitrogens with zero attached hydrogens (tertiary/aromatic N) is 3. The molecule has 30 heavy (non-hydrogen) atoms. The van der Waals surface area contributed by atoms with Crippen molar-refractivity contribution in [3.05, 3.63) is 95.7 Å². The molecule has 7 heteroatoms. The highest BCUT2D eigenvalue weighted by Gasteiger charge is 2.27. The number of carbonyl (C=O) groups excluding carboxylic acids is 1. The molecule has 1 aliphatic heterocycles. The van der Waals surface area contributed by atoms with Crippen LogP contribution >= 0.6 is 0 Å². The molecule has 4 rings (SSSR count). The van der Waals surface area contributed by atoms with Gasteiger partial charge in [-0.3, -0.25) is 4.79 Å². The molecule has 3 aromatic rings. The number of aromatic nitrogens is 1. The van der Waals surface area contributed by atoms with Gasteiger partial charge in [0, 0.05) is 55.2 Å². The first-order valence-corrected chi connectivity index (χ1v) is 11.3. The lowest BCUT2D eigenvalue weighted by Gasteiger charge is -2.33. The van der Waals surface area contributed by atoms with Crippen LogP contribution in [0.2, 0.25) is 0 Å². The van der Waals surface area contributed by atoms with Crippen LogP contribution in [0.5, 0.6) is 0 Å². The highest BCUT2D eigenvalue weighted by atomic mass is 32.2. The van der Waals surface area contributed by atoms with Crippen LogP contribution < -0.4 is 0 Å². The second-order valence-corrected chi connectivity index (χ2v) is 8.91. The van der Waals surface area contributed by atoms with Gasteiger partial charge < -0.3 is 9.47 Å². The van der Waals surface area contributed by atoms with Crippen LogP contribution in [0.15, 0.2) is 84.5 Å². The molecule has 1 aromatic heterocycles. The van der Waals surface area contributed by atoms with E-state index in [0.717, 1.165) is 11.3 Å². The Bertz CT molecular complexity index is 1110. The van der Waals surface area contributed by atoms with Gasteiger partial charge in [-0.15, -0.1) is 0 Å². The standard InChI is InChI=1S/C23H23N3O3S/c27-23(21-8-10-22(11-9-21)24-13-4-5-14-24)25-15-17-26(18-16-25)30(28,29)19-12-20-6-2-1-3-7-20/h1-14,19H,15-18H2/b19-12+. The molecular weight excluding hydrogens is 398 g/mol. The number of hydrogen-bond acceptors (Lipinski definition) is 3. The third-order valence-corrected chi connectivity index (χ3v) is 6.70. The van der Waals surface area contributed by atoms with Crippen molar-refractivity contribution in [3.63, 3.8) is 0 Å². The van der Waals surface area contributed by atoms with Gasteiger partial charge in [0.1, 0.15) is 0 Å². The maximum absolute atomic E-state index is 12.8. The fourth-order valence-corrected chi connectivity index (χ4v) is 4.60. The summed E-state index contributed by atoms with van der Waals surface area (Å²) < 4.78 is 28.6. The van der Waals surface area contributed by atoms with Crippen molar-refractivity contribution in [3.8, 4) is 5.69 Å². The second kappa shape index (κ2) is 8.69. The molecule has 0 spiro atoms. The third-order valence-electron chi connectivity index (χ3n) is 5.13. The number of amides is 1. The molecular formula is C23H23N3O3S. The molecule has 1 saturated heterocycles. The summed E-state index contributed by atoms with van der Waals surface area (Å²) in [7, 11) is -3.51. The van der Waals surface area contributed by atoms with Gasteiger partial charge in [-0.05, 0) is 48.0 Å². The van der Waals surface area contributed by atoms with E-state index in [2.05, 4.69) is 0 Å². The molecule has 0 radical (unpaired) electrons. The Kier molecular flexibility index (Phi) is 5.83. The molecule has 0 bridgehead atoms. The van der Waals surface area contributed by atoms with Crippen LogP contribution in [-0.4, -0.2) is 54.3 Å². The van der Waals surface area contributed by atoms with E-state index in [0.29, 0.717) is 18.7 Å². The first-order chi connectivity index (χ1) is 14.5. The molecule has 1 fully saturated rings. The van der Waals surface area contributed by atoms with Gasteiger partial charge in [0.2, 0.25) is 10.0 Å². The zero-order valence-electron chi connectivity index (χ0n) is 16.5. The summed E-state index contributed by atoms with van der Waals surface area (Å²) in [6.45, 7) is 1.32. The maximum atomic E-state index is 12.8. The predicted octanol–water partition coefficient (Wildman–Crippen LogP) is 3.24. The van der Waals surface area contributed by atoms with Crippen molar-refractivity contribution in [2.75, 3.05) is 26.2 Å². The van der Waals surface area contributed by atoms with Gasteiger partial charge in [0.15, 0.2) is 0 Å². The highest BCUT2D eigenvalue weighted by Crippen LogP contribution is 2.16. The van der Waals surface area contributed by atoms with Crippen molar-refractivity contribution in [2.45, 2.75) is 0 Å². The Labute approximate surface area is 176 Å². The van der Waals surface area contributed by atoms with Crippen LogP contribution in [0.1, 0.15) is 15.9 Å². The minimum Gasteiger partial charge on any atom is -0.336 e. The maximum Gasteiger partial charge on any atom is 0.253 e. The Morgan fingerprint density at radius 2 is 1.43 bits per heavy atom. The summed E-state index contributed by atoms with van der Waals surface area (Å²) in [6.07, 6.45) is 5.49. The average molecular weight is 422 g/mol. The van der Waals surface area contributed by atoms with Gasteiger partial charge in [-0.25, -0.2) is 8.42 Å². The Hall–Kier alpha value is -3.16. The van der Waals surface area contributed by atoms with Crippen LogP contribution in [-0.2, 0) is 10.0 Å². The lowest BCUT2D eigenvalue weighted by molar-refractivity contribution is 0.0698. The summed E-state index contributed by atoms with van der Waals surface area (Å²) in [6, 6.07) is 20.6. The van der Waals surface area contributed by atoms with E-state index in [9.17, 15) is 13.2 Å². The van der Waals surface area contributed by atoms with Crippen LogP contribution in [0.25, 0.3) is 11.8 Å². The monoisotopic (exact) mass is 421 g/mol. The molecule has 0 saturated carbocycles. The largest absolute Gasteiger partial charge is 0.336 e. The fourth-order valence-electron chi connectivity index (χ4n) is 3.43. The van der Waals surface area contributed by atoms with E-state index in [1.807, 2.05) is 83.7 Å². The van der Waals surface area contributed by atoms with E-state index in [4.69, 9.17) is 0 Å². The van der Waals surface area contributed by atoms with Crippen molar-refractivity contribution in [1.82, 2.24) is 13.8 Å². The van der Waals surface area contributed by atoms with Gasteiger partial charge in [-0.1, -0.05) is 30.3 Å². The molecule has 0 aliphatic carbocycles. The van der Waals surface area contributed by atoms with E-state index in [1.54, 1.807) is 11.0 Å². The quantitative estimate of drug-likeness (QED) is 0.635. The minimum absolute atomic E-state index is 0.0778. The molecule has 0 unspecified atom stereocenters. The minimum atomic E-state index is -3.51. The molecule has 0 N–H and O–H groups in total. The molecule has 2 aromatic carbocycles. The second-order valence-electron chi connectivity index (χ2n) is 7.09. The zero-order chi connectivity index (χ0) is 21.0. The third kappa shape index (κ3) is 4.53. The van der Waals surface area contributed by atoms with Crippen LogP contribution in [0.4, 0.5) is 0 Å². The number of benzene rings is 2. The van der Waals surface area contributed by atoms with Crippen molar-refractivity contribution < 1.29 is 13.2 Å². The van der Waals surface area contributed by atoms with Crippen molar-refractivity contribution in [1.29, 1.82) is 0 Å². The number of sulfonamides is 1. The van der Waals surface area contributed by atoms with Gasteiger partial charge in [0.05, 0.1) is 0 Å². The Balaban J connectivity index is 1.37. The Morgan fingerprint density at radius 3 is 2.07 bits per heavy atom. The van der Waals surface area contributed by atoms with E-state index < -0.39 is 10.0 Å². The predicted molar refractivity (Wildman–Crippen MR) is 118 cm³/mol. The lowest BCUT2D eigenvalue weighted by Crippen LogP contribution is -2.50. The number of carbonyl (C=O) groups is 1. The number of piperazine rings is 1. The molecule has 154 valence electrons. The normalized spacial score (nSPS) is 15.5. The SMILES string of the molecule is O=C(c1ccc(-n2cccc2)cc1)N1CCN(S(=O)(=O)/C=C/c2ccccc2)CC1. The van der Waals surface area contributed by atoms with E-state index >= 15 is 0 Å². The molecule has 1 aliphatic rings. The summed E-state index contributed by atoms with van der Waals surface area (Å²) in [4.78, 5) is 14.5. The molecule has 0 atom stereocenters. The van der Waals surface area contributed by atoms with Gasteiger partial charge in [0.25, 0.3) is 5.91 Å². The van der Waals surface area contributed by atoms with Crippen LogP contribution in [0, 0.1) is 0 Å². The molecule has 1 amide bonds. The van der Waals surface area contributed by atoms with E-state index in [1.165, 1.54) is 9.71 Å². The van der Waals surface area contributed by atoms with Crippen molar-refractivity contribution in [2.24, 2.45) is 0 Å². The molecule has 2 heterocycles. The average Bonchev–Trinajstić information content (AvgIpc) is 3.33. The first-order valence-electron chi connectivity index (χ1n) is 9.79. The number of rotatable bonds is 5. The van der Waals surface area contributed by atoms with Crippen molar-refractivity contribution >= 4 is 22.0 Å². The zero-order valence-corrected chi connectivity index (χ0v) is 17.3.